The van der Waals surface area contributed by atoms with Gasteiger partial charge in [-0.2, -0.15) is 0 Å². The van der Waals surface area contributed by atoms with Gasteiger partial charge in [-0.05, 0) is 20.8 Å². The molecule has 0 bridgehead atoms. The average molecular weight is 245 g/mol. The Morgan fingerprint density at radius 2 is 1.76 bits per heavy atom. The second-order valence-corrected chi connectivity index (χ2v) is 4.13. The molecular formula is C12H23NO4. The summed E-state index contributed by atoms with van der Waals surface area (Å²) in [7, 11) is 0. The molecule has 1 N–H and O–H groups in total. The summed E-state index contributed by atoms with van der Waals surface area (Å²) in [4.78, 5) is 28.3. The number of aliphatic hydroxyl groups excluding tert-OH is 1. The van der Waals surface area contributed by atoms with Crippen LogP contribution in [0.1, 0.15) is 34.6 Å². The van der Waals surface area contributed by atoms with Crippen LogP contribution in [0.25, 0.3) is 0 Å². The van der Waals surface area contributed by atoms with E-state index in [1.54, 1.807) is 27.7 Å². The third-order valence-corrected chi connectivity index (χ3v) is 2.87. The van der Waals surface area contributed by atoms with Crippen LogP contribution >= 0.6 is 0 Å². The minimum Gasteiger partial charge on any atom is -0.392 e. The lowest BCUT2D eigenvalue weighted by Gasteiger charge is -2.27. The molecule has 0 aromatic carbocycles. The minimum absolute atomic E-state index is 0.128. The summed E-state index contributed by atoms with van der Waals surface area (Å²) in [6.45, 7) is 9.02. The van der Waals surface area contributed by atoms with Crippen LogP contribution in [-0.4, -0.2) is 41.1 Å². The summed E-state index contributed by atoms with van der Waals surface area (Å²) in [5.74, 6) is -1.62. The summed E-state index contributed by atoms with van der Waals surface area (Å²) in [5.41, 5.74) is 0. The van der Waals surface area contributed by atoms with Crippen molar-refractivity contribution in [2.45, 2.75) is 40.7 Å². The second-order valence-electron chi connectivity index (χ2n) is 4.13. The summed E-state index contributed by atoms with van der Waals surface area (Å²) < 4.78 is 0. The highest BCUT2D eigenvalue weighted by atomic mass is 16.7. The molecule has 0 aliphatic heterocycles. The lowest BCUT2D eigenvalue weighted by atomic mass is 9.90. The second kappa shape index (κ2) is 7.40. The number of hydroxylamine groups is 2. The van der Waals surface area contributed by atoms with Gasteiger partial charge in [-0.3, -0.25) is 14.4 Å². The van der Waals surface area contributed by atoms with Gasteiger partial charge < -0.3 is 5.11 Å². The van der Waals surface area contributed by atoms with Crippen LogP contribution in [0, 0.1) is 11.8 Å². The largest absolute Gasteiger partial charge is 0.392 e. The van der Waals surface area contributed by atoms with Gasteiger partial charge in [0.15, 0.2) is 0 Å². The summed E-state index contributed by atoms with van der Waals surface area (Å²) in [6.07, 6.45) is -0.977. The number of hydrogen-bond donors (Lipinski definition) is 1. The minimum atomic E-state index is -0.977. The number of carbonyl (C=O) groups is 2. The molecule has 0 heterocycles. The van der Waals surface area contributed by atoms with E-state index in [1.165, 1.54) is 12.0 Å². The molecule has 0 aromatic heterocycles. The Balaban J connectivity index is 4.62. The zero-order chi connectivity index (χ0) is 13.6. The Kier molecular flexibility index (Phi) is 6.99. The molecule has 0 aliphatic carbocycles. The molecule has 0 aliphatic rings. The fraction of sp³-hybridized carbons (Fsp3) is 0.833. The van der Waals surface area contributed by atoms with Crippen molar-refractivity contribution in [1.29, 1.82) is 0 Å². The zero-order valence-electron chi connectivity index (χ0n) is 11.3. The number of amides is 1. The normalized spacial score (nSPS) is 16.1. The van der Waals surface area contributed by atoms with Crippen LogP contribution in [-0.2, 0) is 14.4 Å². The maximum atomic E-state index is 12.0. The van der Waals surface area contributed by atoms with Crippen molar-refractivity contribution in [2.24, 2.45) is 11.8 Å². The molecule has 5 nitrogen and oxygen atoms in total. The predicted molar refractivity (Wildman–Crippen MR) is 64.0 cm³/mol. The molecule has 3 atom stereocenters. The Morgan fingerprint density at radius 3 is 2.12 bits per heavy atom. The molecule has 0 spiro atoms. The quantitative estimate of drug-likeness (QED) is 0.680. The van der Waals surface area contributed by atoms with Gasteiger partial charge >= 0.3 is 0 Å². The van der Waals surface area contributed by atoms with Gasteiger partial charge in [0.05, 0.1) is 18.6 Å². The van der Waals surface area contributed by atoms with E-state index in [4.69, 9.17) is 4.84 Å². The molecule has 0 saturated carbocycles. The van der Waals surface area contributed by atoms with Crippen LogP contribution in [0.3, 0.4) is 0 Å². The number of nitrogens with zero attached hydrogens (tertiary/aromatic N) is 1. The molecule has 100 valence electrons. The van der Waals surface area contributed by atoms with E-state index in [9.17, 15) is 14.7 Å². The highest BCUT2D eigenvalue weighted by Crippen LogP contribution is 2.16. The van der Waals surface area contributed by atoms with E-state index in [0.29, 0.717) is 13.2 Å². The Bertz CT molecular complexity index is 267. The maximum Gasteiger partial charge on any atom is 0.251 e. The first kappa shape index (κ1) is 16.1. The fourth-order valence-electron chi connectivity index (χ4n) is 1.51. The van der Waals surface area contributed by atoms with Gasteiger partial charge in [0.1, 0.15) is 5.78 Å². The molecule has 5 heteroatoms. The number of aliphatic hydroxyl groups is 1. The van der Waals surface area contributed by atoms with E-state index in [0.717, 1.165) is 0 Å². The standard InChI is InChI=1S/C12H23NO4/c1-6-13(17-7-2)12(16)9(4)11(15)8(3)10(5)14/h8-9,11,15H,6-7H2,1-5H3. The molecule has 0 aromatic rings. The number of ketones is 1. The molecule has 17 heavy (non-hydrogen) atoms. The van der Waals surface area contributed by atoms with Crippen LogP contribution in [0.15, 0.2) is 0 Å². The topological polar surface area (TPSA) is 66.8 Å². The van der Waals surface area contributed by atoms with Gasteiger partial charge in [0.2, 0.25) is 0 Å². The highest BCUT2D eigenvalue weighted by molar-refractivity contribution is 5.82. The van der Waals surface area contributed by atoms with Gasteiger partial charge in [-0.25, -0.2) is 5.06 Å². The van der Waals surface area contributed by atoms with Crippen molar-refractivity contribution >= 4 is 11.7 Å². The molecular weight excluding hydrogens is 222 g/mol. The fourth-order valence-corrected chi connectivity index (χ4v) is 1.51. The van der Waals surface area contributed by atoms with Gasteiger partial charge in [0, 0.05) is 12.5 Å². The van der Waals surface area contributed by atoms with Gasteiger partial charge in [-0.1, -0.05) is 13.8 Å². The third kappa shape index (κ3) is 4.44. The van der Waals surface area contributed by atoms with Crippen LogP contribution < -0.4 is 0 Å². The molecule has 0 saturated heterocycles. The van der Waals surface area contributed by atoms with Crippen molar-refractivity contribution in [1.82, 2.24) is 5.06 Å². The van der Waals surface area contributed by atoms with E-state index < -0.39 is 17.9 Å². The Labute approximate surface area is 103 Å². The summed E-state index contributed by atoms with van der Waals surface area (Å²) >= 11 is 0. The average Bonchev–Trinajstić information content (AvgIpc) is 2.32. The van der Waals surface area contributed by atoms with Crippen molar-refractivity contribution in [3.8, 4) is 0 Å². The third-order valence-electron chi connectivity index (χ3n) is 2.87. The highest BCUT2D eigenvalue weighted by Gasteiger charge is 2.31. The zero-order valence-corrected chi connectivity index (χ0v) is 11.3. The number of rotatable bonds is 7. The lowest BCUT2D eigenvalue weighted by Crippen LogP contribution is -2.42. The predicted octanol–water partition coefficient (Wildman–Crippen LogP) is 1.01. The SMILES string of the molecule is CCON(CC)C(=O)C(C)C(O)C(C)C(C)=O. The van der Waals surface area contributed by atoms with Crippen molar-refractivity contribution < 1.29 is 19.5 Å². The molecule has 0 fully saturated rings. The number of carbonyl (C=O) groups excluding carboxylic acids is 2. The molecule has 1 amide bonds. The van der Waals surface area contributed by atoms with E-state index >= 15 is 0 Å². The smallest absolute Gasteiger partial charge is 0.251 e. The Hall–Kier alpha value is -0.940. The summed E-state index contributed by atoms with van der Waals surface area (Å²) in [6, 6.07) is 0. The van der Waals surface area contributed by atoms with E-state index in [1.807, 2.05) is 0 Å². The summed E-state index contributed by atoms with van der Waals surface area (Å²) in [5, 5.41) is 11.1. The maximum absolute atomic E-state index is 12.0. The first-order valence-electron chi connectivity index (χ1n) is 5.99. The first-order valence-corrected chi connectivity index (χ1v) is 5.99. The van der Waals surface area contributed by atoms with Crippen LogP contribution in [0.2, 0.25) is 0 Å². The first-order chi connectivity index (χ1) is 7.86. The van der Waals surface area contributed by atoms with Crippen molar-refractivity contribution in [3.63, 3.8) is 0 Å². The number of hydrogen-bond acceptors (Lipinski definition) is 4. The van der Waals surface area contributed by atoms with E-state index in [-0.39, 0.29) is 11.7 Å². The van der Waals surface area contributed by atoms with Crippen molar-refractivity contribution in [2.75, 3.05) is 13.2 Å². The monoisotopic (exact) mass is 245 g/mol. The van der Waals surface area contributed by atoms with Gasteiger partial charge in [0.25, 0.3) is 5.91 Å². The lowest BCUT2D eigenvalue weighted by molar-refractivity contribution is -0.191. The van der Waals surface area contributed by atoms with Crippen LogP contribution in [0.5, 0.6) is 0 Å². The van der Waals surface area contributed by atoms with Crippen LogP contribution in [0.4, 0.5) is 0 Å². The Morgan fingerprint density at radius 1 is 1.24 bits per heavy atom. The number of Topliss-reactive ketones (excluding diaryl/α,β-unsaturated/α-hetero) is 1. The van der Waals surface area contributed by atoms with Gasteiger partial charge in [-0.15, -0.1) is 0 Å². The molecule has 3 unspecified atom stereocenters. The van der Waals surface area contributed by atoms with E-state index in [2.05, 4.69) is 0 Å². The van der Waals surface area contributed by atoms with Crippen molar-refractivity contribution in [3.05, 3.63) is 0 Å². The molecule has 0 rings (SSSR count). The molecule has 0 radical (unpaired) electrons.